The van der Waals surface area contributed by atoms with Gasteiger partial charge in [-0.25, -0.2) is 4.79 Å². The molecule has 1 aromatic carbocycles. The van der Waals surface area contributed by atoms with Crippen LogP contribution in [-0.4, -0.2) is 37.1 Å². The van der Waals surface area contributed by atoms with Gasteiger partial charge in [0.05, 0.1) is 7.11 Å². The predicted molar refractivity (Wildman–Crippen MR) is 76.5 cm³/mol. The van der Waals surface area contributed by atoms with E-state index in [9.17, 15) is 9.59 Å². The average molecular weight is 276 g/mol. The lowest BCUT2D eigenvalue weighted by atomic mass is 9.96. The first-order valence-corrected chi connectivity index (χ1v) is 6.80. The van der Waals surface area contributed by atoms with E-state index in [0.717, 1.165) is 11.3 Å². The third-order valence-corrected chi connectivity index (χ3v) is 3.62. The van der Waals surface area contributed by atoms with Crippen LogP contribution in [-0.2, 0) is 9.53 Å². The van der Waals surface area contributed by atoms with Crippen molar-refractivity contribution in [1.29, 1.82) is 0 Å². The topological polar surface area (TPSA) is 58.6 Å². The summed E-state index contributed by atoms with van der Waals surface area (Å²) in [5.74, 6) is -0.0180. The summed E-state index contributed by atoms with van der Waals surface area (Å²) in [6.07, 6.45) is 1.03. The van der Waals surface area contributed by atoms with E-state index >= 15 is 0 Å². The van der Waals surface area contributed by atoms with Gasteiger partial charge in [-0.2, -0.15) is 0 Å². The van der Waals surface area contributed by atoms with E-state index in [2.05, 4.69) is 10.1 Å². The van der Waals surface area contributed by atoms with E-state index in [-0.39, 0.29) is 17.9 Å². The molecule has 5 heteroatoms. The highest BCUT2D eigenvalue weighted by Gasteiger charge is 2.27. The highest BCUT2D eigenvalue weighted by Crippen LogP contribution is 2.20. The van der Waals surface area contributed by atoms with E-state index < -0.39 is 0 Å². The molecule has 108 valence electrons. The normalized spacial score (nSPS) is 15.8. The fourth-order valence-electron chi connectivity index (χ4n) is 2.33. The molecule has 0 unspecified atom stereocenters. The number of ether oxygens (including phenoxy) is 1. The number of likely N-dealkylation sites (tertiary alicyclic amines) is 1. The van der Waals surface area contributed by atoms with Gasteiger partial charge in [-0.1, -0.05) is 17.7 Å². The highest BCUT2D eigenvalue weighted by atomic mass is 16.5. The van der Waals surface area contributed by atoms with Crippen molar-refractivity contribution in [1.82, 2.24) is 4.90 Å². The van der Waals surface area contributed by atoms with Gasteiger partial charge in [-0.15, -0.1) is 0 Å². The van der Waals surface area contributed by atoms with Gasteiger partial charge in [-0.3, -0.25) is 4.79 Å². The predicted octanol–water partition coefficient (Wildman–Crippen LogP) is 2.41. The lowest BCUT2D eigenvalue weighted by Gasteiger charge is -2.30. The number of nitrogens with one attached hydrogen (secondary N) is 1. The molecule has 1 aliphatic heterocycles. The average Bonchev–Trinajstić information content (AvgIpc) is 2.49. The molecule has 1 aromatic rings. The maximum absolute atomic E-state index is 12.2. The molecule has 2 amide bonds. The van der Waals surface area contributed by atoms with Crippen molar-refractivity contribution < 1.29 is 14.3 Å². The SMILES string of the molecule is COC(=O)N1CCC(C(=O)Nc2ccc(C)cc2)CC1. The van der Waals surface area contributed by atoms with Gasteiger partial charge in [0.15, 0.2) is 0 Å². The molecule has 2 rings (SSSR count). The second-order valence-corrected chi connectivity index (χ2v) is 5.09. The van der Waals surface area contributed by atoms with Crippen LogP contribution in [0.2, 0.25) is 0 Å². The molecule has 0 aliphatic carbocycles. The molecular weight excluding hydrogens is 256 g/mol. The fourth-order valence-corrected chi connectivity index (χ4v) is 2.33. The molecule has 1 saturated heterocycles. The van der Waals surface area contributed by atoms with Crippen LogP contribution in [0, 0.1) is 12.8 Å². The summed E-state index contributed by atoms with van der Waals surface area (Å²) in [7, 11) is 1.37. The summed E-state index contributed by atoms with van der Waals surface area (Å²) in [6.45, 7) is 3.14. The number of piperidine rings is 1. The van der Waals surface area contributed by atoms with Crippen molar-refractivity contribution >= 4 is 17.7 Å². The number of carbonyl (C=O) groups excluding carboxylic acids is 2. The van der Waals surface area contributed by atoms with Gasteiger partial charge in [0, 0.05) is 24.7 Å². The molecule has 0 aromatic heterocycles. The Kier molecular flexibility index (Phi) is 4.61. The Balaban J connectivity index is 1.85. The minimum atomic E-state index is -0.317. The Hall–Kier alpha value is -2.04. The van der Waals surface area contributed by atoms with Gasteiger partial charge in [0.2, 0.25) is 5.91 Å². The molecule has 5 nitrogen and oxygen atoms in total. The van der Waals surface area contributed by atoms with Crippen molar-refractivity contribution in [3.05, 3.63) is 29.8 Å². The van der Waals surface area contributed by atoms with Crippen molar-refractivity contribution in [2.24, 2.45) is 5.92 Å². The Morgan fingerprint density at radius 3 is 2.35 bits per heavy atom. The number of aryl methyl sites for hydroxylation is 1. The number of hydrogen-bond acceptors (Lipinski definition) is 3. The van der Waals surface area contributed by atoms with Crippen LogP contribution in [0.25, 0.3) is 0 Å². The largest absolute Gasteiger partial charge is 0.453 e. The van der Waals surface area contributed by atoms with Crippen LogP contribution in [0.5, 0.6) is 0 Å². The number of carbonyl (C=O) groups is 2. The summed E-state index contributed by atoms with van der Waals surface area (Å²) in [6, 6.07) is 7.73. The molecule has 0 atom stereocenters. The number of methoxy groups -OCH3 is 1. The monoisotopic (exact) mass is 276 g/mol. The van der Waals surface area contributed by atoms with E-state index in [0.29, 0.717) is 25.9 Å². The van der Waals surface area contributed by atoms with Crippen LogP contribution < -0.4 is 5.32 Å². The van der Waals surface area contributed by atoms with E-state index in [1.807, 2.05) is 31.2 Å². The molecule has 1 fully saturated rings. The van der Waals surface area contributed by atoms with Crippen LogP contribution >= 0.6 is 0 Å². The first-order valence-electron chi connectivity index (χ1n) is 6.80. The zero-order chi connectivity index (χ0) is 14.5. The van der Waals surface area contributed by atoms with Gasteiger partial charge >= 0.3 is 6.09 Å². The number of anilines is 1. The summed E-state index contributed by atoms with van der Waals surface area (Å²) in [5, 5.41) is 2.92. The molecule has 1 heterocycles. The van der Waals surface area contributed by atoms with Crippen molar-refractivity contribution in [2.75, 3.05) is 25.5 Å². The van der Waals surface area contributed by atoms with Crippen LogP contribution in [0.3, 0.4) is 0 Å². The van der Waals surface area contributed by atoms with Gasteiger partial charge in [0.1, 0.15) is 0 Å². The molecule has 0 spiro atoms. The Morgan fingerprint density at radius 2 is 1.80 bits per heavy atom. The fraction of sp³-hybridized carbons (Fsp3) is 0.467. The number of nitrogens with zero attached hydrogens (tertiary/aromatic N) is 1. The number of amides is 2. The van der Waals surface area contributed by atoms with E-state index in [1.54, 1.807) is 4.90 Å². The number of rotatable bonds is 2. The molecule has 0 radical (unpaired) electrons. The summed E-state index contributed by atoms with van der Waals surface area (Å²) in [5.41, 5.74) is 1.98. The van der Waals surface area contributed by atoms with Crippen molar-refractivity contribution in [2.45, 2.75) is 19.8 Å². The third-order valence-electron chi connectivity index (χ3n) is 3.62. The quantitative estimate of drug-likeness (QED) is 0.902. The van der Waals surface area contributed by atoms with Crippen LogP contribution in [0.1, 0.15) is 18.4 Å². The molecule has 0 saturated carbocycles. The minimum absolute atomic E-state index is 0.0263. The third kappa shape index (κ3) is 3.50. The second-order valence-electron chi connectivity index (χ2n) is 5.09. The van der Waals surface area contributed by atoms with Gasteiger partial charge in [0.25, 0.3) is 0 Å². The Labute approximate surface area is 118 Å². The standard InChI is InChI=1S/C15H20N2O3/c1-11-3-5-13(6-4-11)16-14(18)12-7-9-17(10-8-12)15(19)20-2/h3-6,12H,7-10H2,1-2H3,(H,16,18). The Bertz CT molecular complexity index is 476. The molecule has 0 bridgehead atoms. The molecule has 1 N–H and O–H groups in total. The number of benzene rings is 1. The molecule has 1 aliphatic rings. The lowest BCUT2D eigenvalue weighted by Crippen LogP contribution is -2.41. The minimum Gasteiger partial charge on any atom is -0.453 e. The zero-order valence-electron chi connectivity index (χ0n) is 11.9. The Morgan fingerprint density at radius 1 is 1.20 bits per heavy atom. The highest BCUT2D eigenvalue weighted by molar-refractivity contribution is 5.92. The van der Waals surface area contributed by atoms with Crippen molar-refractivity contribution in [3.8, 4) is 0 Å². The summed E-state index contributed by atoms with van der Waals surface area (Å²) < 4.78 is 4.68. The van der Waals surface area contributed by atoms with Crippen molar-refractivity contribution in [3.63, 3.8) is 0 Å². The van der Waals surface area contributed by atoms with Gasteiger partial charge in [-0.05, 0) is 31.9 Å². The van der Waals surface area contributed by atoms with Crippen LogP contribution in [0.4, 0.5) is 10.5 Å². The lowest BCUT2D eigenvalue weighted by molar-refractivity contribution is -0.121. The summed E-state index contributed by atoms with van der Waals surface area (Å²) >= 11 is 0. The first kappa shape index (κ1) is 14.4. The molecule has 20 heavy (non-hydrogen) atoms. The maximum atomic E-state index is 12.2. The second kappa shape index (κ2) is 6.41. The summed E-state index contributed by atoms with van der Waals surface area (Å²) in [4.78, 5) is 25.2. The van der Waals surface area contributed by atoms with E-state index in [4.69, 9.17) is 0 Å². The maximum Gasteiger partial charge on any atom is 0.409 e. The molecular formula is C15H20N2O3. The number of hydrogen-bond donors (Lipinski definition) is 1. The smallest absolute Gasteiger partial charge is 0.409 e. The zero-order valence-corrected chi connectivity index (χ0v) is 11.9. The van der Waals surface area contributed by atoms with E-state index in [1.165, 1.54) is 7.11 Å². The first-order chi connectivity index (χ1) is 9.60. The van der Waals surface area contributed by atoms with Crippen LogP contribution in [0.15, 0.2) is 24.3 Å². The van der Waals surface area contributed by atoms with Gasteiger partial charge < -0.3 is 15.0 Å².